The van der Waals surface area contributed by atoms with E-state index in [2.05, 4.69) is 15.5 Å². The van der Waals surface area contributed by atoms with Gasteiger partial charge in [-0.05, 0) is 42.3 Å². The first-order valence-electron chi connectivity index (χ1n) is 9.76. The first-order chi connectivity index (χ1) is 15.0. The van der Waals surface area contributed by atoms with Crippen LogP contribution in [0.3, 0.4) is 0 Å². The molecule has 1 atom stereocenters. The standard InChI is InChI=1S/C24H21FN4OS/c1-16-8-6-7-11-20(16)22-27-28-24(29(22)2)31-21(17-9-4-3-5-10-17)23(30)26-19-14-12-18(25)13-15-19/h3-15,21H,1-2H3,(H,26,30). The van der Waals surface area contributed by atoms with Crippen LogP contribution in [0.4, 0.5) is 10.1 Å². The monoisotopic (exact) mass is 432 g/mol. The van der Waals surface area contributed by atoms with Gasteiger partial charge in [-0.15, -0.1) is 10.2 Å². The van der Waals surface area contributed by atoms with Crippen LogP contribution in [-0.2, 0) is 11.8 Å². The number of aryl methyl sites for hydroxylation is 1. The third kappa shape index (κ3) is 4.67. The van der Waals surface area contributed by atoms with Gasteiger partial charge in [-0.1, -0.05) is 66.4 Å². The zero-order valence-corrected chi connectivity index (χ0v) is 17.9. The maximum Gasteiger partial charge on any atom is 0.242 e. The second-order valence-corrected chi connectivity index (χ2v) is 8.16. The minimum atomic E-state index is -0.557. The number of rotatable bonds is 6. The van der Waals surface area contributed by atoms with Crippen LogP contribution in [-0.4, -0.2) is 20.7 Å². The summed E-state index contributed by atoms with van der Waals surface area (Å²) >= 11 is 1.32. The van der Waals surface area contributed by atoms with E-state index in [0.717, 1.165) is 22.5 Å². The van der Waals surface area contributed by atoms with Crippen molar-refractivity contribution >= 4 is 23.4 Å². The number of thioether (sulfide) groups is 1. The molecule has 0 saturated carbocycles. The highest BCUT2D eigenvalue weighted by Gasteiger charge is 2.25. The van der Waals surface area contributed by atoms with Gasteiger partial charge in [0.2, 0.25) is 5.91 Å². The Bertz CT molecular complexity index is 1190. The maximum atomic E-state index is 13.2. The molecule has 4 rings (SSSR count). The average Bonchev–Trinajstić information content (AvgIpc) is 3.14. The van der Waals surface area contributed by atoms with E-state index in [-0.39, 0.29) is 11.7 Å². The quantitative estimate of drug-likeness (QED) is 0.414. The average molecular weight is 433 g/mol. The predicted molar refractivity (Wildman–Crippen MR) is 121 cm³/mol. The molecule has 0 fully saturated rings. The van der Waals surface area contributed by atoms with E-state index in [0.29, 0.717) is 10.8 Å². The fourth-order valence-electron chi connectivity index (χ4n) is 3.22. The summed E-state index contributed by atoms with van der Waals surface area (Å²) in [6.07, 6.45) is 0. The molecule has 0 radical (unpaired) electrons. The summed E-state index contributed by atoms with van der Waals surface area (Å²) in [5.41, 5.74) is 3.47. The molecule has 1 amide bonds. The van der Waals surface area contributed by atoms with Gasteiger partial charge >= 0.3 is 0 Å². The molecule has 0 bridgehead atoms. The predicted octanol–water partition coefficient (Wildman–Crippen LogP) is 5.40. The second kappa shape index (κ2) is 9.14. The number of aromatic nitrogens is 3. The van der Waals surface area contributed by atoms with Gasteiger partial charge in [-0.3, -0.25) is 4.79 Å². The first-order valence-corrected chi connectivity index (χ1v) is 10.6. The summed E-state index contributed by atoms with van der Waals surface area (Å²) in [6.45, 7) is 2.03. The van der Waals surface area contributed by atoms with Crippen molar-refractivity contribution < 1.29 is 9.18 Å². The van der Waals surface area contributed by atoms with Crippen LogP contribution >= 0.6 is 11.8 Å². The lowest BCUT2D eigenvalue weighted by Gasteiger charge is -2.17. The summed E-state index contributed by atoms with van der Waals surface area (Å²) in [5.74, 6) is 0.171. The fourth-order valence-corrected chi connectivity index (χ4v) is 4.23. The summed E-state index contributed by atoms with van der Waals surface area (Å²) < 4.78 is 15.1. The van der Waals surface area contributed by atoms with Crippen molar-refractivity contribution in [2.24, 2.45) is 7.05 Å². The molecule has 1 aromatic heterocycles. The number of carbonyl (C=O) groups is 1. The second-order valence-electron chi connectivity index (χ2n) is 7.08. The Labute approximate surface area is 184 Å². The topological polar surface area (TPSA) is 59.8 Å². The number of halogens is 1. The Morgan fingerprint density at radius 3 is 2.35 bits per heavy atom. The number of hydrogen-bond acceptors (Lipinski definition) is 4. The van der Waals surface area contributed by atoms with E-state index in [9.17, 15) is 9.18 Å². The molecule has 0 aliphatic carbocycles. The van der Waals surface area contributed by atoms with Crippen molar-refractivity contribution in [3.05, 3.63) is 95.8 Å². The number of amides is 1. The van der Waals surface area contributed by atoms with Gasteiger partial charge in [-0.2, -0.15) is 0 Å². The van der Waals surface area contributed by atoms with Crippen molar-refractivity contribution in [3.63, 3.8) is 0 Å². The van der Waals surface area contributed by atoms with Crippen LogP contribution in [0.1, 0.15) is 16.4 Å². The normalized spacial score (nSPS) is 11.8. The first kappa shape index (κ1) is 20.8. The Morgan fingerprint density at radius 1 is 0.968 bits per heavy atom. The number of nitrogens with zero attached hydrogens (tertiary/aromatic N) is 3. The Kier molecular flexibility index (Phi) is 6.13. The highest BCUT2D eigenvalue weighted by molar-refractivity contribution is 8.00. The van der Waals surface area contributed by atoms with Crippen LogP contribution in [0.15, 0.2) is 84.0 Å². The lowest BCUT2D eigenvalue weighted by atomic mass is 10.1. The number of hydrogen-bond donors (Lipinski definition) is 1. The van der Waals surface area contributed by atoms with Gasteiger partial charge in [0.25, 0.3) is 0 Å². The lowest BCUT2D eigenvalue weighted by molar-refractivity contribution is -0.115. The van der Waals surface area contributed by atoms with Gasteiger partial charge in [0.05, 0.1) is 0 Å². The molecule has 0 spiro atoms. The molecule has 1 N–H and O–H groups in total. The van der Waals surface area contributed by atoms with Crippen LogP contribution in [0.5, 0.6) is 0 Å². The molecule has 7 heteroatoms. The molecule has 5 nitrogen and oxygen atoms in total. The molecule has 4 aromatic rings. The third-order valence-electron chi connectivity index (χ3n) is 4.90. The molecular weight excluding hydrogens is 411 g/mol. The SMILES string of the molecule is Cc1ccccc1-c1nnc(SC(C(=O)Nc2ccc(F)cc2)c2ccccc2)n1C. The van der Waals surface area contributed by atoms with Crippen LogP contribution in [0, 0.1) is 12.7 Å². The van der Waals surface area contributed by atoms with E-state index >= 15 is 0 Å². The zero-order chi connectivity index (χ0) is 21.8. The third-order valence-corrected chi connectivity index (χ3v) is 6.18. The zero-order valence-electron chi connectivity index (χ0n) is 17.1. The van der Waals surface area contributed by atoms with E-state index in [1.54, 1.807) is 12.1 Å². The van der Waals surface area contributed by atoms with Crippen molar-refractivity contribution in [2.75, 3.05) is 5.32 Å². The molecule has 1 heterocycles. The van der Waals surface area contributed by atoms with Gasteiger partial charge in [-0.25, -0.2) is 4.39 Å². The minimum Gasteiger partial charge on any atom is -0.325 e. The smallest absolute Gasteiger partial charge is 0.242 e. The summed E-state index contributed by atoms with van der Waals surface area (Å²) in [7, 11) is 1.89. The number of benzene rings is 3. The fraction of sp³-hybridized carbons (Fsp3) is 0.125. The van der Waals surface area contributed by atoms with Gasteiger partial charge < -0.3 is 9.88 Å². The van der Waals surface area contributed by atoms with Gasteiger partial charge in [0.15, 0.2) is 11.0 Å². The van der Waals surface area contributed by atoms with Crippen molar-refractivity contribution in [1.29, 1.82) is 0 Å². The molecule has 0 aliphatic heterocycles. The van der Waals surface area contributed by atoms with E-state index in [1.807, 2.05) is 73.1 Å². The highest BCUT2D eigenvalue weighted by Crippen LogP contribution is 2.36. The van der Waals surface area contributed by atoms with Crippen molar-refractivity contribution in [3.8, 4) is 11.4 Å². The van der Waals surface area contributed by atoms with E-state index in [4.69, 9.17) is 0 Å². The summed E-state index contributed by atoms with van der Waals surface area (Å²) in [4.78, 5) is 13.2. The number of anilines is 1. The number of carbonyl (C=O) groups excluding carboxylic acids is 1. The molecule has 0 aliphatic rings. The lowest BCUT2D eigenvalue weighted by Crippen LogP contribution is -2.19. The highest BCUT2D eigenvalue weighted by atomic mass is 32.2. The van der Waals surface area contributed by atoms with Crippen LogP contribution in [0.2, 0.25) is 0 Å². The Balaban J connectivity index is 1.64. The van der Waals surface area contributed by atoms with Crippen LogP contribution in [0.25, 0.3) is 11.4 Å². The van der Waals surface area contributed by atoms with E-state index in [1.165, 1.54) is 23.9 Å². The summed E-state index contributed by atoms with van der Waals surface area (Å²) in [5, 5.41) is 11.7. The van der Waals surface area contributed by atoms with E-state index < -0.39 is 5.25 Å². The molecule has 3 aromatic carbocycles. The van der Waals surface area contributed by atoms with Crippen molar-refractivity contribution in [1.82, 2.24) is 14.8 Å². The maximum absolute atomic E-state index is 13.2. The van der Waals surface area contributed by atoms with Crippen LogP contribution < -0.4 is 5.32 Å². The van der Waals surface area contributed by atoms with Gasteiger partial charge in [0.1, 0.15) is 11.1 Å². The van der Waals surface area contributed by atoms with Crippen molar-refractivity contribution in [2.45, 2.75) is 17.3 Å². The minimum absolute atomic E-state index is 0.219. The number of nitrogens with one attached hydrogen (secondary N) is 1. The molecule has 31 heavy (non-hydrogen) atoms. The Morgan fingerprint density at radius 2 is 1.65 bits per heavy atom. The molecular formula is C24H21FN4OS. The van der Waals surface area contributed by atoms with Gasteiger partial charge in [0, 0.05) is 18.3 Å². The molecule has 156 valence electrons. The largest absolute Gasteiger partial charge is 0.325 e. The summed E-state index contributed by atoms with van der Waals surface area (Å²) in [6, 6.07) is 23.2. The molecule has 1 unspecified atom stereocenters. The Hall–Kier alpha value is -3.45. The molecule has 0 saturated heterocycles.